The van der Waals surface area contributed by atoms with E-state index in [9.17, 15) is 0 Å². The van der Waals surface area contributed by atoms with Crippen LogP contribution in [0.15, 0.2) is 0 Å². The molecule has 0 aromatic heterocycles. The molecular formula is C13H25N. The van der Waals surface area contributed by atoms with Crippen LogP contribution >= 0.6 is 0 Å². The van der Waals surface area contributed by atoms with E-state index in [1.165, 1.54) is 32.1 Å². The lowest BCUT2D eigenvalue weighted by Crippen LogP contribution is -2.42. The van der Waals surface area contributed by atoms with Crippen molar-refractivity contribution in [2.75, 3.05) is 0 Å². The predicted octanol–water partition coefficient (Wildman–Crippen LogP) is 3.20. The normalized spacial score (nSPS) is 40.1. The molecule has 0 heterocycles. The van der Waals surface area contributed by atoms with Gasteiger partial charge in [-0.3, -0.25) is 0 Å². The monoisotopic (exact) mass is 195 g/mol. The molecule has 2 fully saturated rings. The molecule has 5 atom stereocenters. The Morgan fingerprint density at radius 2 is 2.00 bits per heavy atom. The smallest absolute Gasteiger partial charge is 0.0101 e. The van der Waals surface area contributed by atoms with Gasteiger partial charge in [0.1, 0.15) is 0 Å². The van der Waals surface area contributed by atoms with Gasteiger partial charge in [0.05, 0.1) is 0 Å². The van der Waals surface area contributed by atoms with E-state index in [1.807, 2.05) is 0 Å². The SMILES string of the molecule is CCC(C)C(C)NC1CC2CCC1C2. The third-order valence-electron chi connectivity index (χ3n) is 4.71. The van der Waals surface area contributed by atoms with Crippen LogP contribution in [0.3, 0.4) is 0 Å². The fraction of sp³-hybridized carbons (Fsp3) is 1.00. The zero-order valence-electron chi connectivity index (χ0n) is 9.92. The van der Waals surface area contributed by atoms with Crippen molar-refractivity contribution in [1.82, 2.24) is 5.32 Å². The number of hydrogen-bond donors (Lipinski definition) is 1. The van der Waals surface area contributed by atoms with Crippen LogP contribution in [-0.2, 0) is 0 Å². The molecule has 0 spiro atoms. The topological polar surface area (TPSA) is 12.0 Å². The van der Waals surface area contributed by atoms with Crippen molar-refractivity contribution in [3.63, 3.8) is 0 Å². The first-order valence-corrected chi connectivity index (χ1v) is 6.46. The van der Waals surface area contributed by atoms with E-state index in [2.05, 4.69) is 26.1 Å². The van der Waals surface area contributed by atoms with Crippen molar-refractivity contribution in [3.05, 3.63) is 0 Å². The fourth-order valence-electron chi connectivity index (χ4n) is 3.30. The van der Waals surface area contributed by atoms with Gasteiger partial charge in [0, 0.05) is 12.1 Å². The lowest BCUT2D eigenvalue weighted by Gasteiger charge is -2.29. The molecule has 2 aliphatic rings. The zero-order valence-corrected chi connectivity index (χ0v) is 9.92. The van der Waals surface area contributed by atoms with Gasteiger partial charge >= 0.3 is 0 Å². The first-order chi connectivity index (χ1) is 6.70. The van der Waals surface area contributed by atoms with Crippen molar-refractivity contribution in [2.45, 2.75) is 65.0 Å². The number of fused-ring (bicyclic) bond motifs is 2. The van der Waals surface area contributed by atoms with E-state index in [0.29, 0.717) is 6.04 Å². The maximum absolute atomic E-state index is 3.86. The van der Waals surface area contributed by atoms with E-state index in [-0.39, 0.29) is 0 Å². The molecule has 0 aromatic rings. The van der Waals surface area contributed by atoms with Crippen molar-refractivity contribution in [2.24, 2.45) is 17.8 Å². The first-order valence-electron chi connectivity index (χ1n) is 6.46. The van der Waals surface area contributed by atoms with Crippen molar-refractivity contribution in [1.29, 1.82) is 0 Å². The Labute approximate surface area is 88.7 Å². The van der Waals surface area contributed by atoms with Crippen LogP contribution in [0.5, 0.6) is 0 Å². The van der Waals surface area contributed by atoms with Gasteiger partial charge in [0.2, 0.25) is 0 Å². The number of nitrogens with one attached hydrogen (secondary N) is 1. The van der Waals surface area contributed by atoms with Gasteiger partial charge in [-0.15, -0.1) is 0 Å². The van der Waals surface area contributed by atoms with E-state index in [1.54, 1.807) is 0 Å². The molecule has 2 saturated carbocycles. The third kappa shape index (κ3) is 1.98. The number of rotatable bonds is 4. The van der Waals surface area contributed by atoms with E-state index >= 15 is 0 Å². The predicted molar refractivity (Wildman–Crippen MR) is 61.3 cm³/mol. The van der Waals surface area contributed by atoms with Gasteiger partial charge in [-0.05, 0) is 43.9 Å². The molecule has 0 aliphatic heterocycles. The van der Waals surface area contributed by atoms with Gasteiger partial charge in [-0.2, -0.15) is 0 Å². The van der Waals surface area contributed by atoms with Crippen LogP contribution in [0.2, 0.25) is 0 Å². The van der Waals surface area contributed by atoms with Crippen LogP contribution in [0, 0.1) is 17.8 Å². The minimum atomic E-state index is 0.712. The molecule has 1 nitrogen and oxygen atoms in total. The Hall–Kier alpha value is -0.0400. The fourth-order valence-corrected chi connectivity index (χ4v) is 3.30. The molecule has 0 saturated heterocycles. The summed E-state index contributed by atoms with van der Waals surface area (Å²) in [6.45, 7) is 7.02. The second-order valence-corrected chi connectivity index (χ2v) is 5.62. The summed E-state index contributed by atoms with van der Waals surface area (Å²) in [6.07, 6.45) is 7.29. The van der Waals surface area contributed by atoms with Crippen molar-refractivity contribution >= 4 is 0 Å². The highest BCUT2D eigenvalue weighted by atomic mass is 15.0. The minimum absolute atomic E-state index is 0.712. The summed E-state index contributed by atoms with van der Waals surface area (Å²) in [5.41, 5.74) is 0. The summed E-state index contributed by atoms with van der Waals surface area (Å²) in [7, 11) is 0. The van der Waals surface area contributed by atoms with Gasteiger partial charge in [-0.25, -0.2) is 0 Å². The molecule has 0 aromatic carbocycles. The Morgan fingerprint density at radius 3 is 2.50 bits per heavy atom. The summed E-state index contributed by atoms with van der Waals surface area (Å²) in [6, 6.07) is 1.57. The standard InChI is InChI=1S/C13H25N/c1-4-9(2)10(3)14-13-8-11-5-6-12(13)7-11/h9-14H,4-8H2,1-3H3. The molecule has 2 rings (SSSR count). The molecular weight excluding hydrogens is 170 g/mol. The summed E-state index contributed by atoms with van der Waals surface area (Å²) < 4.78 is 0. The van der Waals surface area contributed by atoms with Gasteiger partial charge in [0.25, 0.3) is 0 Å². The molecule has 14 heavy (non-hydrogen) atoms. The van der Waals surface area contributed by atoms with Crippen LogP contribution in [-0.4, -0.2) is 12.1 Å². The lowest BCUT2D eigenvalue weighted by molar-refractivity contribution is 0.283. The maximum atomic E-state index is 3.86. The van der Waals surface area contributed by atoms with Crippen LogP contribution in [0.25, 0.3) is 0 Å². The summed E-state index contributed by atoms with van der Waals surface area (Å²) in [5.74, 6) is 2.92. The highest BCUT2D eigenvalue weighted by molar-refractivity contribution is 4.95. The Bertz CT molecular complexity index is 190. The van der Waals surface area contributed by atoms with Gasteiger partial charge in [-0.1, -0.05) is 26.7 Å². The average Bonchev–Trinajstić information content (AvgIpc) is 2.77. The zero-order chi connectivity index (χ0) is 10.1. The minimum Gasteiger partial charge on any atom is -0.311 e. The van der Waals surface area contributed by atoms with Crippen molar-refractivity contribution < 1.29 is 0 Å². The average molecular weight is 195 g/mol. The van der Waals surface area contributed by atoms with Gasteiger partial charge < -0.3 is 5.32 Å². The Morgan fingerprint density at radius 1 is 1.21 bits per heavy atom. The largest absolute Gasteiger partial charge is 0.311 e. The molecule has 2 bridgehead atoms. The molecule has 0 amide bonds. The lowest BCUT2D eigenvalue weighted by atomic mass is 9.92. The molecule has 2 aliphatic carbocycles. The molecule has 5 unspecified atom stereocenters. The van der Waals surface area contributed by atoms with Crippen LogP contribution in [0.4, 0.5) is 0 Å². The Kier molecular flexibility index (Phi) is 3.16. The number of hydrogen-bond acceptors (Lipinski definition) is 1. The summed E-state index contributed by atoms with van der Waals surface area (Å²) >= 11 is 0. The van der Waals surface area contributed by atoms with Crippen LogP contribution in [0.1, 0.15) is 52.9 Å². The molecule has 0 radical (unpaired) electrons. The molecule has 1 heteroatoms. The highest BCUT2D eigenvalue weighted by Crippen LogP contribution is 2.44. The van der Waals surface area contributed by atoms with Crippen LogP contribution < -0.4 is 5.32 Å². The van der Waals surface area contributed by atoms with Gasteiger partial charge in [0.15, 0.2) is 0 Å². The summed E-state index contributed by atoms with van der Waals surface area (Å²) in [5, 5.41) is 3.86. The molecule has 82 valence electrons. The quantitative estimate of drug-likeness (QED) is 0.726. The first kappa shape index (κ1) is 10.5. The van der Waals surface area contributed by atoms with E-state index in [4.69, 9.17) is 0 Å². The van der Waals surface area contributed by atoms with Crippen molar-refractivity contribution in [3.8, 4) is 0 Å². The van der Waals surface area contributed by atoms with E-state index < -0.39 is 0 Å². The third-order valence-corrected chi connectivity index (χ3v) is 4.71. The highest BCUT2D eigenvalue weighted by Gasteiger charge is 2.39. The van der Waals surface area contributed by atoms with E-state index in [0.717, 1.165) is 23.8 Å². The molecule has 1 N–H and O–H groups in total. The Balaban J connectivity index is 1.80. The maximum Gasteiger partial charge on any atom is 0.0101 e. The summed E-state index contributed by atoms with van der Waals surface area (Å²) in [4.78, 5) is 0. The second kappa shape index (κ2) is 4.22. The second-order valence-electron chi connectivity index (χ2n) is 5.62.